The normalized spacial score (nSPS) is 15.3. The number of hydrogen-bond acceptors (Lipinski definition) is 6. The smallest absolute Gasteiger partial charge is 0.273 e. The van der Waals surface area contributed by atoms with Crippen LogP contribution in [0.5, 0.6) is 0 Å². The van der Waals surface area contributed by atoms with Crippen LogP contribution in [-0.4, -0.2) is 19.4 Å². The van der Waals surface area contributed by atoms with Crippen LogP contribution < -0.4 is 10.0 Å². The van der Waals surface area contributed by atoms with Crippen molar-refractivity contribution in [3.8, 4) is 0 Å². The summed E-state index contributed by atoms with van der Waals surface area (Å²) in [5, 5.41) is 5.70. The van der Waals surface area contributed by atoms with Crippen LogP contribution in [-0.2, 0) is 16.6 Å². The lowest BCUT2D eigenvalue weighted by Crippen LogP contribution is -2.15. The Kier molecular flexibility index (Phi) is 4.04. The summed E-state index contributed by atoms with van der Waals surface area (Å²) in [6.07, 6.45) is 2.44. The van der Waals surface area contributed by atoms with E-state index in [0.717, 1.165) is 22.7 Å². The van der Waals surface area contributed by atoms with Gasteiger partial charge in [0, 0.05) is 17.5 Å². The van der Waals surface area contributed by atoms with Gasteiger partial charge in [-0.25, -0.2) is 13.4 Å². The number of aromatic nitrogens is 1. The molecule has 114 valence electrons. The van der Waals surface area contributed by atoms with Gasteiger partial charge in [-0.2, -0.15) is 0 Å². The second kappa shape index (κ2) is 5.68. The maximum atomic E-state index is 12.3. The third-order valence-electron chi connectivity index (χ3n) is 3.32. The molecule has 0 atom stereocenters. The molecular weight excluding hydrogens is 326 g/mol. The van der Waals surface area contributed by atoms with Gasteiger partial charge in [0.25, 0.3) is 10.0 Å². The molecule has 2 aromatic rings. The van der Waals surface area contributed by atoms with Crippen molar-refractivity contribution in [2.24, 2.45) is 0 Å². The zero-order valence-electron chi connectivity index (χ0n) is 11.8. The van der Waals surface area contributed by atoms with Gasteiger partial charge in [-0.3, -0.25) is 4.72 Å². The molecule has 0 aliphatic heterocycles. The molecule has 5 nitrogen and oxygen atoms in total. The molecule has 2 heterocycles. The third kappa shape index (κ3) is 3.63. The number of anilines is 1. The average Bonchev–Trinajstić information content (AvgIpc) is 3.01. The number of hydrogen-bond donors (Lipinski definition) is 2. The number of thiazole rings is 1. The van der Waals surface area contributed by atoms with Crippen molar-refractivity contribution in [1.82, 2.24) is 10.3 Å². The first-order chi connectivity index (χ1) is 9.94. The minimum absolute atomic E-state index is 0.334. The largest absolute Gasteiger partial charge is 0.310 e. The van der Waals surface area contributed by atoms with Gasteiger partial charge in [0.15, 0.2) is 5.13 Å². The maximum absolute atomic E-state index is 12.3. The Bertz CT molecular complexity index is 725. The van der Waals surface area contributed by atoms with E-state index in [1.807, 2.05) is 19.2 Å². The van der Waals surface area contributed by atoms with Gasteiger partial charge in [-0.15, -0.1) is 22.7 Å². The molecular formula is C13H17N3O2S3. The van der Waals surface area contributed by atoms with Crippen LogP contribution in [0.25, 0.3) is 0 Å². The molecule has 2 aromatic heterocycles. The van der Waals surface area contributed by atoms with E-state index < -0.39 is 10.0 Å². The first-order valence-corrected chi connectivity index (χ1v) is 9.89. The molecule has 0 radical (unpaired) electrons. The lowest BCUT2D eigenvalue weighted by molar-refractivity contribution is 0.603. The quantitative estimate of drug-likeness (QED) is 0.846. The summed E-state index contributed by atoms with van der Waals surface area (Å²) in [5.41, 5.74) is 1.87. The van der Waals surface area contributed by atoms with Crippen LogP contribution in [0.4, 0.5) is 5.13 Å². The number of rotatable bonds is 6. The summed E-state index contributed by atoms with van der Waals surface area (Å²) >= 11 is 2.60. The van der Waals surface area contributed by atoms with Crippen LogP contribution >= 0.6 is 22.7 Å². The number of thiophene rings is 1. The highest BCUT2D eigenvalue weighted by molar-refractivity contribution is 7.94. The van der Waals surface area contributed by atoms with Gasteiger partial charge < -0.3 is 5.32 Å². The van der Waals surface area contributed by atoms with Crippen molar-refractivity contribution < 1.29 is 8.42 Å². The van der Waals surface area contributed by atoms with Crippen LogP contribution in [0.2, 0.25) is 0 Å². The first-order valence-electron chi connectivity index (χ1n) is 6.72. The summed E-state index contributed by atoms with van der Waals surface area (Å²) in [6.45, 7) is 4.53. The summed E-state index contributed by atoms with van der Waals surface area (Å²) in [4.78, 5) is 5.24. The predicted octanol–water partition coefficient (Wildman–Crippen LogP) is 2.87. The fraction of sp³-hybridized carbons (Fsp3) is 0.462. The second-order valence-electron chi connectivity index (χ2n) is 5.20. The lowest BCUT2D eigenvalue weighted by atomic mass is 10.3. The minimum atomic E-state index is -3.53. The summed E-state index contributed by atoms with van der Waals surface area (Å²) in [6, 6.07) is 2.35. The van der Waals surface area contributed by atoms with Gasteiger partial charge in [0.2, 0.25) is 0 Å². The standard InChI is InChI=1S/C13H17N3O2S3/c1-8-9(2)20-13(15-8)16-21(17,18)12-5-10(7-19-12)6-14-11-3-4-11/h5,7,11,14H,3-4,6H2,1-2H3,(H,15,16). The van der Waals surface area contributed by atoms with E-state index in [1.54, 1.807) is 6.07 Å². The van der Waals surface area contributed by atoms with Crippen LogP contribution in [0.3, 0.4) is 0 Å². The molecule has 3 rings (SSSR count). The molecule has 1 fully saturated rings. The molecule has 0 unspecified atom stereocenters. The number of aryl methyl sites for hydroxylation is 2. The summed E-state index contributed by atoms with van der Waals surface area (Å²) < 4.78 is 27.6. The second-order valence-corrected chi connectivity index (χ2v) is 9.22. The molecule has 8 heteroatoms. The Hall–Kier alpha value is -0.960. The van der Waals surface area contributed by atoms with Gasteiger partial charge >= 0.3 is 0 Å². The van der Waals surface area contributed by atoms with E-state index in [4.69, 9.17) is 0 Å². The van der Waals surface area contributed by atoms with E-state index in [0.29, 0.717) is 15.4 Å². The maximum Gasteiger partial charge on any atom is 0.273 e. The zero-order valence-corrected chi connectivity index (χ0v) is 14.3. The molecule has 0 saturated heterocycles. The van der Waals surface area contributed by atoms with Crippen LogP contribution in [0.1, 0.15) is 29.0 Å². The Balaban J connectivity index is 1.71. The first kappa shape index (κ1) is 15.0. The number of nitrogens with one attached hydrogen (secondary N) is 2. The van der Waals surface area contributed by atoms with E-state index in [-0.39, 0.29) is 0 Å². The average molecular weight is 343 g/mol. The molecule has 1 aliphatic carbocycles. The molecule has 0 aromatic carbocycles. The fourth-order valence-corrected chi connectivity index (χ4v) is 5.08. The molecule has 1 aliphatic rings. The Morgan fingerprint density at radius 3 is 2.76 bits per heavy atom. The van der Waals surface area contributed by atoms with Crippen molar-refractivity contribution >= 4 is 37.8 Å². The third-order valence-corrected chi connectivity index (χ3v) is 7.26. The van der Waals surface area contributed by atoms with E-state index in [9.17, 15) is 8.42 Å². The van der Waals surface area contributed by atoms with E-state index in [1.165, 1.54) is 35.5 Å². The number of nitrogens with zero attached hydrogens (tertiary/aromatic N) is 1. The highest BCUT2D eigenvalue weighted by Crippen LogP contribution is 2.27. The van der Waals surface area contributed by atoms with Crippen molar-refractivity contribution in [3.63, 3.8) is 0 Å². The Labute approximate surface area is 132 Å². The zero-order chi connectivity index (χ0) is 15.0. The lowest BCUT2D eigenvalue weighted by Gasteiger charge is -2.02. The highest BCUT2D eigenvalue weighted by Gasteiger charge is 2.22. The topological polar surface area (TPSA) is 71.1 Å². The molecule has 0 amide bonds. The van der Waals surface area contributed by atoms with Crippen molar-refractivity contribution in [3.05, 3.63) is 27.6 Å². The van der Waals surface area contributed by atoms with Gasteiger partial charge in [0.05, 0.1) is 5.69 Å². The molecule has 0 bridgehead atoms. The summed E-state index contributed by atoms with van der Waals surface area (Å²) in [5.74, 6) is 0. The minimum Gasteiger partial charge on any atom is -0.310 e. The van der Waals surface area contributed by atoms with Gasteiger partial charge in [-0.05, 0) is 43.7 Å². The number of sulfonamides is 1. The summed E-state index contributed by atoms with van der Waals surface area (Å²) in [7, 11) is -3.53. The molecule has 2 N–H and O–H groups in total. The Morgan fingerprint density at radius 1 is 1.38 bits per heavy atom. The van der Waals surface area contributed by atoms with Gasteiger partial charge in [0.1, 0.15) is 4.21 Å². The van der Waals surface area contributed by atoms with E-state index >= 15 is 0 Å². The van der Waals surface area contributed by atoms with Crippen molar-refractivity contribution in [2.75, 3.05) is 4.72 Å². The van der Waals surface area contributed by atoms with Crippen molar-refractivity contribution in [1.29, 1.82) is 0 Å². The fourth-order valence-electron chi connectivity index (χ4n) is 1.82. The van der Waals surface area contributed by atoms with Crippen LogP contribution in [0.15, 0.2) is 15.7 Å². The van der Waals surface area contributed by atoms with Crippen molar-refractivity contribution in [2.45, 2.75) is 43.5 Å². The monoisotopic (exact) mass is 343 g/mol. The highest BCUT2D eigenvalue weighted by atomic mass is 32.2. The Morgan fingerprint density at radius 2 is 2.14 bits per heavy atom. The van der Waals surface area contributed by atoms with Crippen LogP contribution in [0, 0.1) is 13.8 Å². The molecule has 1 saturated carbocycles. The molecule has 0 spiro atoms. The van der Waals surface area contributed by atoms with E-state index in [2.05, 4.69) is 15.0 Å². The van der Waals surface area contributed by atoms with Gasteiger partial charge in [-0.1, -0.05) is 0 Å². The predicted molar refractivity (Wildman–Crippen MR) is 86.6 cm³/mol. The molecule has 21 heavy (non-hydrogen) atoms. The SMILES string of the molecule is Cc1nc(NS(=O)(=O)c2cc(CNC3CC3)cs2)sc1C.